The molecule has 0 aliphatic carbocycles. The van der Waals surface area contributed by atoms with Crippen LogP contribution in [0, 0.1) is 0 Å². The molecule has 2 aliphatic heterocycles. The van der Waals surface area contributed by atoms with E-state index < -0.39 is 0 Å². The van der Waals surface area contributed by atoms with Crippen LogP contribution in [0.1, 0.15) is 31.2 Å². The molecule has 5 nitrogen and oxygen atoms in total. The third kappa shape index (κ3) is 2.82. The number of hydrogen-bond donors (Lipinski definition) is 2. The molecule has 1 atom stereocenters. The van der Waals surface area contributed by atoms with Crippen LogP contribution in [0.2, 0.25) is 0 Å². The van der Waals surface area contributed by atoms with Crippen molar-refractivity contribution >= 4 is 17.3 Å². The van der Waals surface area contributed by atoms with Crippen molar-refractivity contribution in [3.63, 3.8) is 0 Å². The lowest BCUT2D eigenvalue weighted by Crippen LogP contribution is -2.38. The van der Waals surface area contributed by atoms with Gasteiger partial charge in [0.25, 0.3) is 0 Å². The van der Waals surface area contributed by atoms with E-state index in [2.05, 4.69) is 27.6 Å². The number of nitrogens with zero attached hydrogens (tertiary/aromatic N) is 2. The minimum atomic E-state index is -0.221. The number of rotatable bonds is 2. The topological polar surface area (TPSA) is 64.9 Å². The highest BCUT2D eigenvalue weighted by molar-refractivity contribution is 6.04. The van der Waals surface area contributed by atoms with Crippen LogP contribution >= 0.6 is 0 Å². The Kier molecular flexibility index (Phi) is 3.69. The maximum absolute atomic E-state index is 11.1. The number of benzene rings is 1. The smallest absolute Gasteiger partial charge is 0.240 e. The number of carbonyl (C=O) groups is 1. The summed E-state index contributed by atoms with van der Waals surface area (Å²) in [6.45, 7) is 1.70. The first-order valence-electron chi connectivity index (χ1n) is 7.11. The van der Waals surface area contributed by atoms with E-state index in [9.17, 15) is 9.90 Å². The number of amides is 1. The normalized spacial score (nSPS) is 23.2. The van der Waals surface area contributed by atoms with Gasteiger partial charge >= 0.3 is 0 Å². The molecule has 1 saturated heterocycles. The van der Waals surface area contributed by atoms with E-state index in [1.54, 1.807) is 0 Å². The van der Waals surface area contributed by atoms with Crippen LogP contribution in [-0.2, 0) is 4.79 Å². The summed E-state index contributed by atoms with van der Waals surface area (Å²) in [5, 5.41) is 13.8. The number of nitrogens with one attached hydrogen (secondary N) is 1. The van der Waals surface area contributed by atoms with Gasteiger partial charge in [0.15, 0.2) is 0 Å². The second kappa shape index (κ2) is 5.63. The summed E-state index contributed by atoms with van der Waals surface area (Å²) in [6.07, 6.45) is 2.89. The zero-order valence-corrected chi connectivity index (χ0v) is 11.4. The van der Waals surface area contributed by atoms with Gasteiger partial charge in [-0.1, -0.05) is 12.1 Å². The average molecular weight is 273 g/mol. The lowest BCUT2D eigenvalue weighted by molar-refractivity contribution is -0.121. The number of β-amino-alcohol motifs (C(OH)–C–C–N with tert-alkyl or cyclic N) is 1. The first kappa shape index (κ1) is 13.1. The van der Waals surface area contributed by atoms with E-state index in [1.165, 1.54) is 0 Å². The summed E-state index contributed by atoms with van der Waals surface area (Å²) in [7, 11) is 0. The number of hydrazone groups is 1. The molecule has 0 spiro atoms. The van der Waals surface area contributed by atoms with Gasteiger partial charge in [0.05, 0.1) is 11.8 Å². The molecule has 20 heavy (non-hydrogen) atoms. The molecule has 0 radical (unpaired) electrons. The first-order chi connectivity index (χ1) is 9.72. The van der Waals surface area contributed by atoms with Crippen molar-refractivity contribution in [1.82, 2.24) is 5.43 Å². The fourth-order valence-corrected chi connectivity index (χ4v) is 2.74. The van der Waals surface area contributed by atoms with E-state index in [0.29, 0.717) is 19.4 Å². The molecule has 2 aliphatic rings. The Balaban J connectivity index is 1.73. The molecule has 1 fully saturated rings. The second-order valence-corrected chi connectivity index (χ2v) is 5.38. The largest absolute Gasteiger partial charge is 0.391 e. The summed E-state index contributed by atoms with van der Waals surface area (Å²) in [6, 6.07) is 8.19. The first-order valence-corrected chi connectivity index (χ1v) is 7.11. The monoisotopic (exact) mass is 273 g/mol. The van der Waals surface area contributed by atoms with Crippen LogP contribution in [-0.4, -0.2) is 35.9 Å². The maximum atomic E-state index is 11.1. The molecular weight excluding hydrogens is 254 g/mol. The van der Waals surface area contributed by atoms with Gasteiger partial charge in [-0.2, -0.15) is 5.10 Å². The van der Waals surface area contributed by atoms with E-state index in [4.69, 9.17) is 0 Å². The number of anilines is 1. The van der Waals surface area contributed by atoms with Crippen LogP contribution < -0.4 is 10.3 Å². The standard InChI is InChI=1S/C15H19N3O2/c19-13-2-1-9-18(10-13)12-5-3-11(4-6-12)14-7-8-15(20)17-16-14/h3-6,13,19H,1-2,7-10H2,(H,17,20). The number of aliphatic hydroxyl groups excluding tert-OH is 1. The number of carbonyl (C=O) groups excluding carboxylic acids is 1. The highest BCUT2D eigenvalue weighted by Gasteiger charge is 2.18. The molecule has 0 bridgehead atoms. The Morgan fingerprint density at radius 3 is 2.70 bits per heavy atom. The minimum Gasteiger partial charge on any atom is -0.391 e. The molecule has 1 amide bonds. The molecule has 1 aromatic rings. The number of aliphatic hydroxyl groups is 1. The van der Waals surface area contributed by atoms with Crippen molar-refractivity contribution < 1.29 is 9.90 Å². The summed E-state index contributed by atoms with van der Waals surface area (Å²) in [4.78, 5) is 13.3. The van der Waals surface area contributed by atoms with Crippen molar-refractivity contribution in [2.24, 2.45) is 5.10 Å². The van der Waals surface area contributed by atoms with Gasteiger partial charge in [-0.25, -0.2) is 5.43 Å². The van der Waals surface area contributed by atoms with Gasteiger partial charge in [-0.15, -0.1) is 0 Å². The SMILES string of the molecule is O=C1CCC(c2ccc(N3CCCC(O)C3)cc2)=NN1. The zero-order valence-electron chi connectivity index (χ0n) is 11.4. The van der Waals surface area contributed by atoms with Crippen molar-refractivity contribution in [2.75, 3.05) is 18.0 Å². The Morgan fingerprint density at radius 1 is 1.25 bits per heavy atom. The van der Waals surface area contributed by atoms with Gasteiger partial charge in [-0.3, -0.25) is 4.79 Å². The van der Waals surface area contributed by atoms with Crippen LogP contribution in [0.15, 0.2) is 29.4 Å². The van der Waals surface area contributed by atoms with Crippen molar-refractivity contribution in [3.05, 3.63) is 29.8 Å². The fraction of sp³-hybridized carbons (Fsp3) is 0.467. The summed E-state index contributed by atoms with van der Waals surface area (Å²) in [5.41, 5.74) is 5.63. The Hall–Kier alpha value is -1.88. The predicted octanol–water partition coefficient (Wildman–Crippen LogP) is 1.26. The fourth-order valence-electron chi connectivity index (χ4n) is 2.74. The van der Waals surface area contributed by atoms with E-state index in [-0.39, 0.29) is 12.0 Å². The summed E-state index contributed by atoms with van der Waals surface area (Å²) < 4.78 is 0. The van der Waals surface area contributed by atoms with Crippen molar-refractivity contribution in [2.45, 2.75) is 31.8 Å². The molecule has 2 heterocycles. The van der Waals surface area contributed by atoms with Gasteiger partial charge in [0.1, 0.15) is 0 Å². The lowest BCUT2D eigenvalue weighted by atomic mass is 10.0. The molecule has 106 valence electrons. The number of hydrogen-bond acceptors (Lipinski definition) is 4. The van der Waals surface area contributed by atoms with Crippen molar-refractivity contribution in [1.29, 1.82) is 0 Å². The summed E-state index contributed by atoms with van der Waals surface area (Å²) >= 11 is 0. The maximum Gasteiger partial charge on any atom is 0.240 e. The molecule has 0 aromatic heterocycles. The Morgan fingerprint density at radius 2 is 2.05 bits per heavy atom. The van der Waals surface area contributed by atoms with Gasteiger partial charge < -0.3 is 10.0 Å². The second-order valence-electron chi connectivity index (χ2n) is 5.38. The van der Waals surface area contributed by atoms with Gasteiger partial charge in [0, 0.05) is 31.6 Å². The molecule has 2 N–H and O–H groups in total. The highest BCUT2D eigenvalue weighted by atomic mass is 16.3. The molecular formula is C15H19N3O2. The van der Waals surface area contributed by atoms with Gasteiger partial charge in [0.2, 0.25) is 5.91 Å². The molecule has 5 heteroatoms. The summed E-state index contributed by atoms with van der Waals surface area (Å²) in [5.74, 6) is -0.0207. The van der Waals surface area contributed by atoms with E-state index in [1.807, 2.05) is 12.1 Å². The Bertz CT molecular complexity index is 524. The van der Waals surface area contributed by atoms with Crippen LogP contribution in [0.4, 0.5) is 5.69 Å². The third-order valence-corrected chi connectivity index (χ3v) is 3.87. The quantitative estimate of drug-likeness (QED) is 0.852. The molecule has 0 saturated carbocycles. The van der Waals surface area contributed by atoms with Crippen LogP contribution in [0.5, 0.6) is 0 Å². The number of piperidine rings is 1. The molecule has 1 unspecified atom stereocenters. The minimum absolute atomic E-state index is 0.0207. The Labute approximate surface area is 118 Å². The lowest BCUT2D eigenvalue weighted by Gasteiger charge is -2.32. The van der Waals surface area contributed by atoms with Gasteiger partial charge in [-0.05, 0) is 30.5 Å². The highest BCUT2D eigenvalue weighted by Crippen LogP contribution is 2.21. The molecule has 1 aromatic carbocycles. The average Bonchev–Trinajstić information content (AvgIpc) is 2.48. The van der Waals surface area contributed by atoms with Crippen LogP contribution in [0.25, 0.3) is 0 Å². The van der Waals surface area contributed by atoms with E-state index >= 15 is 0 Å². The van der Waals surface area contributed by atoms with Crippen LogP contribution in [0.3, 0.4) is 0 Å². The molecule has 3 rings (SSSR count). The zero-order chi connectivity index (χ0) is 13.9. The third-order valence-electron chi connectivity index (χ3n) is 3.87. The van der Waals surface area contributed by atoms with E-state index in [0.717, 1.165) is 36.3 Å². The van der Waals surface area contributed by atoms with Crippen molar-refractivity contribution in [3.8, 4) is 0 Å². The predicted molar refractivity (Wildman–Crippen MR) is 77.8 cm³/mol.